The summed E-state index contributed by atoms with van der Waals surface area (Å²) in [7, 11) is 0. The van der Waals surface area contributed by atoms with Gasteiger partial charge in [0.1, 0.15) is 0 Å². The van der Waals surface area contributed by atoms with Gasteiger partial charge in [0.25, 0.3) is 5.91 Å². The van der Waals surface area contributed by atoms with E-state index in [1.807, 2.05) is 31.2 Å². The quantitative estimate of drug-likeness (QED) is 0.759. The smallest absolute Gasteiger partial charge is 0.251 e. The van der Waals surface area contributed by atoms with Crippen molar-refractivity contribution in [3.05, 3.63) is 62.5 Å². The van der Waals surface area contributed by atoms with Gasteiger partial charge in [0.2, 0.25) is 0 Å². The molecule has 2 aromatic carbocycles. The normalized spacial score (nSPS) is 11.9. The number of nitrogens with one attached hydrogen (secondary N) is 1. The molecule has 5 heteroatoms. The van der Waals surface area contributed by atoms with E-state index < -0.39 is 0 Å². The van der Waals surface area contributed by atoms with Gasteiger partial charge in [-0.25, -0.2) is 0 Å². The lowest BCUT2D eigenvalue weighted by atomic mass is 10.1. The lowest BCUT2D eigenvalue weighted by Crippen LogP contribution is -2.26. The maximum Gasteiger partial charge on any atom is 0.251 e. The summed E-state index contributed by atoms with van der Waals surface area (Å²) in [6.45, 7) is 1.94. The minimum atomic E-state index is -0.146. The van der Waals surface area contributed by atoms with Crippen LogP contribution in [-0.4, -0.2) is 5.91 Å². The van der Waals surface area contributed by atoms with E-state index >= 15 is 0 Å². The number of carbonyl (C=O) groups is 1. The number of nitrogen functional groups attached to an aromatic ring is 1. The minimum absolute atomic E-state index is 0.0945. The van der Waals surface area contributed by atoms with Crippen LogP contribution < -0.4 is 11.1 Å². The Bertz CT molecular complexity index is 644. The van der Waals surface area contributed by atoms with E-state index in [1.54, 1.807) is 18.2 Å². The van der Waals surface area contributed by atoms with Crippen molar-refractivity contribution in [3.63, 3.8) is 0 Å². The van der Waals surface area contributed by atoms with Crippen LogP contribution in [-0.2, 0) is 0 Å². The summed E-state index contributed by atoms with van der Waals surface area (Å²) in [5.74, 6) is -0.146. The predicted molar refractivity (Wildman–Crippen MR) is 88.6 cm³/mol. The summed E-state index contributed by atoms with van der Waals surface area (Å²) >= 11 is 6.80. The molecular weight excluding hydrogens is 384 g/mol. The molecular formula is C15H14Br2N2O. The number of amides is 1. The summed E-state index contributed by atoms with van der Waals surface area (Å²) in [5.41, 5.74) is 7.92. The summed E-state index contributed by atoms with van der Waals surface area (Å²) < 4.78 is 1.76. The minimum Gasteiger partial charge on any atom is -0.398 e. The molecule has 3 nitrogen and oxygen atoms in total. The highest BCUT2D eigenvalue weighted by molar-refractivity contribution is 9.10. The zero-order valence-corrected chi connectivity index (χ0v) is 14.0. The van der Waals surface area contributed by atoms with Crippen molar-refractivity contribution in [1.82, 2.24) is 5.32 Å². The molecule has 20 heavy (non-hydrogen) atoms. The van der Waals surface area contributed by atoms with Gasteiger partial charge in [-0.2, -0.15) is 0 Å². The fraction of sp³-hybridized carbons (Fsp3) is 0.133. The van der Waals surface area contributed by atoms with E-state index in [4.69, 9.17) is 5.73 Å². The lowest BCUT2D eigenvalue weighted by molar-refractivity contribution is 0.0940. The molecule has 0 aliphatic carbocycles. The van der Waals surface area contributed by atoms with Crippen molar-refractivity contribution in [3.8, 4) is 0 Å². The Morgan fingerprint density at radius 3 is 2.50 bits per heavy atom. The van der Waals surface area contributed by atoms with Crippen LogP contribution in [0.4, 0.5) is 5.69 Å². The molecule has 1 atom stereocenters. The number of nitrogens with two attached hydrogens (primary N) is 1. The first-order valence-corrected chi connectivity index (χ1v) is 7.68. The van der Waals surface area contributed by atoms with Crippen LogP contribution in [0.2, 0.25) is 0 Å². The summed E-state index contributed by atoms with van der Waals surface area (Å²) in [4.78, 5) is 12.2. The third kappa shape index (κ3) is 3.41. The number of halogens is 2. The van der Waals surface area contributed by atoms with Crippen molar-refractivity contribution < 1.29 is 4.79 Å². The standard InChI is InChI=1S/C15H14Br2N2O/c1-9(11-4-2-3-5-12(11)16)19-15(20)10-6-7-13(17)14(18)8-10/h2-9H,18H2,1H3,(H,19,20)/t9-/m1/s1. The van der Waals surface area contributed by atoms with Crippen LogP contribution in [0.1, 0.15) is 28.9 Å². The van der Waals surface area contributed by atoms with Crippen molar-refractivity contribution in [2.24, 2.45) is 0 Å². The molecule has 0 aliphatic rings. The van der Waals surface area contributed by atoms with Gasteiger partial charge in [0.15, 0.2) is 0 Å². The number of anilines is 1. The summed E-state index contributed by atoms with van der Waals surface area (Å²) in [6.07, 6.45) is 0. The monoisotopic (exact) mass is 396 g/mol. The molecule has 0 bridgehead atoms. The topological polar surface area (TPSA) is 55.1 Å². The summed E-state index contributed by atoms with van der Waals surface area (Å²) in [6, 6.07) is 12.9. The lowest BCUT2D eigenvalue weighted by Gasteiger charge is -2.16. The molecule has 3 N–H and O–H groups in total. The Morgan fingerprint density at radius 1 is 1.15 bits per heavy atom. The molecule has 104 valence electrons. The molecule has 0 saturated carbocycles. The van der Waals surface area contributed by atoms with Gasteiger partial charge in [-0.05, 0) is 52.7 Å². The van der Waals surface area contributed by atoms with Crippen LogP contribution in [0.15, 0.2) is 51.4 Å². The second kappa shape index (κ2) is 6.41. The van der Waals surface area contributed by atoms with Gasteiger partial charge in [-0.15, -0.1) is 0 Å². The van der Waals surface area contributed by atoms with Gasteiger partial charge in [0.05, 0.1) is 6.04 Å². The maximum atomic E-state index is 12.2. The molecule has 0 aliphatic heterocycles. The number of benzene rings is 2. The van der Waals surface area contributed by atoms with E-state index in [1.165, 1.54) is 0 Å². The Balaban J connectivity index is 2.15. The van der Waals surface area contributed by atoms with E-state index in [0.717, 1.165) is 14.5 Å². The average molecular weight is 398 g/mol. The van der Waals surface area contributed by atoms with E-state index in [9.17, 15) is 4.79 Å². The molecule has 1 amide bonds. The Hall–Kier alpha value is -1.33. The van der Waals surface area contributed by atoms with Crippen LogP contribution in [0.3, 0.4) is 0 Å². The largest absolute Gasteiger partial charge is 0.398 e. The highest BCUT2D eigenvalue weighted by atomic mass is 79.9. The maximum absolute atomic E-state index is 12.2. The van der Waals surface area contributed by atoms with Crippen LogP contribution >= 0.6 is 31.9 Å². The number of carbonyl (C=O) groups excluding carboxylic acids is 1. The fourth-order valence-corrected chi connectivity index (χ4v) is 2.74. The zero-order valence-electron chi connectivity index (χ0n) is 10.9. The highest BCUT2D eigenvalue weighted by Crippen LogP contribution is 2.24. The SMILES string of the molecule is C[C@@H](NC(=O)c1ccc(Br)c(N)c1)c1ccccc1Br. The molecule has 2 rings (SSSR count). The van der Waals surface area contributed by atoms with E-state index in [0.29, 0.717) is 11.3 Å². The van der Waals surface area contributed by atoms with Crippen molar-refractivity contribution in [1.29, 1.82) is 0 Å². The van der Waals surface area contributed by atoms with Crippen LogP contribution in [0.25, 0.3) is 0 Å². The molecule has 0 aromatic heterocycles. The third-order valence-corrected chi connectivity index (χ3v) is 4.42. The molecule has 0 heterocycles. The zero-order chi connectivity index (χ0) is 14.7. The predicted octanol–water partition coefficient (Wildman–Crippen LogP) is 4.28. The average Bonchev–Trinajstić information content (AvgIpc) is 2.42. The van der Waals surface area contributed by atoms with Crippen molar-refractivity contribution in [2.45, 2.75) is 13.0 Å². The van der Waals surface area contributed by atoms with Crippen LogP contribution in [0, 0.1) is 0 Å². The first kappa shape index (κ1) is 15.1. The van der Waals surface area contributed by atoms with E-state index in [2.05, 4.69) is 37.2 Å². The van der Waals surface area contributed by atoms with Crippen molar-refractivity contribution in [2.75, 3.05) is 5.73 Å². The van der Waals surface area contributed by atoms with E-state index in [-0.39, 0.29) is 11.9 Å². The molecule has 0 fully saturated rings. The van der Waals surface area contributed by atoms with Gasteiger partial charge in [0, 0.05) is 20.2 Å². The third-order valence-electron chi connectivity index (χ3n) is 2.98. The van der Waals surface area contributed by atoms with Gasteiger partial charge in [-0.1, -0.05) is 34.1 Å². The first-order valence-electron chi connectivity index (χ1n) is 6.09. The molecule has 0 saturated heterocycles. The number of hydrogen-bond donors (Lipinski definition) is 2. The number of rotatable bonds is 3. The molecule has 0 unspecified atom stereocenters. The molecule has 2 aromatic rings. The number of hydrogen-bond acceptors (Lipinski definition) is 2. The Kier molecular flexibility index (Phi) is 4.83. The van der Waals surface area contributed by atoms with Crippen molar-refractivity contribution >= 4 is 43.5 Å². The molecule has 0 spiro atoms. The highest BCUT2D eigenvalue weighted by Gasteiger charge is 2.14. The Labute approximate surface area is 134 Å². The van der Waals surface area contributed by atoms with Gasteiger partial charge in [-0.3, -0.25) is 4.79 Å². The fourth-order valence-electron chi connectivity index (χ4n) is 1.87. The first-order chi connectivity index (χ1) is 9.49. The molecule has 0 radical (unpaired) electrons. The van der Waals surface area contributed by atoms with Crippen LogP contribution in [0.5, 0.6) is 0 Å². The van der Waals surface area contributed by atoms with Gasteiger partial charge < -0.3 is 11.1 Å². The second-order valence-corrected chi connectivity index (χ2v) is 6.16. The van der Waals surface area contributed by atoms with Gasteiger partial charge >= 0.3 is 0 Å². The summed E-state index contributed by atoms with van der Waals surface area (Å²) in [5, 5.41) is 2.96. The second-order valence-electron chi connectivity index (χ2n) is 4.45. The Morgan fingerprint density at radius 2 is 1.85 bits per heavy atom.